The molecule has 4 heteroatoms. The lowest BCUT2D eigenvalue weighted by Gasteiger charge is -2.31. The van der Waals surface area contributed by atoms with E-state index in [0.717, 1.165) is 25.1 Å². The van der Waals surface area contributed by atoms with Gasteiger partial charge < -0.3 is 9.67 Å². The highest BCUT2D eigenvalue weighted by Gasteiger charge is 2.29. The molecule has 1 heterocycles. The maximum atomic E-state index is 9.34. The van der Waals surface area contributed by atoms with Crippen molar-refractivity contribution in [1.29, 1.82) is 0 Å². The molecule has 0 bridgehead atoms. The van der Waals surface area contributed by atoms with Crippen molar-refractivity contribution in [2.24, 2.45) is 13.0 Å². The number of rotatable bonds is 2. The number of aromatic nitrogens is 3. The molecule has 4 nitrogen and oxygen atoms in total. The number of hydrogen-bond acceptors (Lipinski definition) is 3. The van der Waals surface area contributed by atoms with Gasteiger partial charge in [0, 0.05) is 13.5 Å². The van der Waals surface area contributed by atoms with Crippen molar-refractivity contribution in [1.82, 2.24) is 14.8 Å². The van der Waals surface area contributed by atoms with E-state index in [4.69, 9.17) is 0 Å². The van der Waals surface area contributed by atoms with Crippen molar-refractivity contribution in [2.75, 3.05) is 0 Å². The van der Waals surface area contributed by atoms with Crippen LogP contribution in [-0.2, 0) is 13.5 Å². The molecule has 1 fully saturated rings. The first kappa shape index (κ1) is 7.73. The van der Waals surface area contributed by atoms with Gasteiger partial charge in [-0.2, -0.15) is 0 Å². The summed E-state index contributed by atoms with van der Waals surface area (Å²) >= 11 is 0. The van der Waals surface area contributed by atoms with Crippen LogP contribution in [0.1, 0.15) is 18.7 Å². The Morgan fingerprint density at radius 2 is 2.50 bits per heavy atom. The van der Waals surface area contributed by atoms with Gasteiger partial charge in [-0.15, -0.1) is 10.2 Å². The lowest BCUT2D eigenvalue weighted by atomic mass is 9.79. The lowest BCUT2D eigenvalue weighted by molar-refractivity contribution is 0.0230. The lowest BCUT2D eigenvalue weighted by Crippen LogP contribution is -2.33. The predicted molar refractivity (Wildman–Crippen MR) is 43.4 cm³/mol. The summed E-state index contributed by atoms with van der Waals surface area (Å²) in [5.74, 6) is 1.38. The van der Waals surface area contributed by atoms with Gasteiger partial charge >= 0.3 is 0 Å². The van der Waals surface area contributed by atoms with Crippen LogP contribution in [0.15, 0.2) is 6.33 Å². The molecule has 0 radical (unpaired) electrons. The topological polar surface area (TPSA) is 50.9 Å². The number of aliphatic hydroxyl groups is 1. The molecule has 2 atom stereocenters. The van der Waals surface area contributed by atoms with Crippen LogP contribution in [0.25, 0.3) is 0 Å². The molecule has 0 aliphatic heterocycles. The fraction of sp³-hybridized carbons (Fsp3) is 0.750. The fourth-order valence-electron chi connectivity index (χ4n) is 1.52. The van der Waals surface area contributed by atoms with E-state index in [0.29, 0.717) is 5.92 Å². The zero-order valence-electron chi connectivity index (χ0n) is 7.14. The molecule has 12 heavy (non-hydrogen) atoms. The highest BCUT2D eigenvalue weighted by atomic mass is 16.3. The Labute approximate surface area is 71.2 Å². The van der Waals surface area contributed by atoms with E-state index in [9.17, 15) is 5.11 Å². The van der Waals surface area contributed by atoms with Gasteiger partial charge in [-0.1, -0.05) is 0 Å². The van der Waals surface area contributed by atoms with Crippen LogP contribution in [-0.4, -0.2) is 26.0 Å². The zero-order valence-corrected chi connectivity index (χ0v) is 7.14. The number of hydrogen-bond donors (Lipinski definition) is 1. The third kappa shape index (κ3) is 1.22. The number of aliphatic hydroxyl groups excluding tert-OH is 1. The summed E-state index contributed by atoms with van der Waals surface area (Å²) < 4.78 is 1.91. The van der Waals surface area contributed by atoms with E-state index in [1.165, 1.54) is 0 Å². The van der Waals surface area contributed by atoms with Gasteiger partial charge in [0.05, 0.1) is 6.10 Å². The molecule has 2 rings (SSSR count). The second-order valence-corrected chi connectivity index (χ2v) is 3.47. The molecule has 1 aromatic rings. The number of aryl methyl sites for hydroxylation is 1. The molecular weight excluding hydrogens is 154 g/mol. The Kier molecular flexibility index (Phi) is 1.84. The van der Waals surface area contributed by atoms with Gasteiger partial charge in [-0.05, 0) is 18.8 Å². The average molecular weight is 167 g/mol. The van der Waals surface area contributed by atoms with Crippen LogP contribution in [0.3, 0.4) is 0 Å². The maximum absolute atomic E-state index is 9.34. The maximum Gasteiger partial charge on any atom is 0.132 e. The van der Waals surface area contributed by atoms with Gasteiger partial charge in [0.1, 0.15) is 12.2 Å². The standard InChI is InChI=1S/C8H13N3O/c1-11-5-9-10-8(11)4-6-2-3-7(6)12/h5-7,12H,2-4H2,1H3. The molecule has 0 amide bonds. The monoisotopic (exact) mass is 167 g/mol. The van der Waals surface area contributed by atoms with E-state index in [1.54, 1.807) is 6.33 Å². The van der Waals surface area contributed by atoms with Gasteiger partial charge in [-0.3, -0.25) is 0 Å². The molecule has 0 spiro atoms. The van der Waals surface area contributed by atoms with Crippen molar-refractivity contribution in [3.8, 4) is 0 Å². The largest absolute Gasteiger partial charge is 0.393 e. The van der Waals surface area contributed by atoms with Gasteiger partial charge in [0.2, 0.25) is 0 Å². The van der Waals surface area contributed by atoms with Gasteiger partial charge in [0.15, 0.2) is 0 Å². The summed E-state index contributed by atoms with van der Waals surface area (Å²) in [4.78, 5) is 0. The molecule has 2 unspecified atom stereocenters. The van der Waals surface area contributed by atoms with Gasteiger partial charge in [0.25, 0.3) is 0 Å². The molecular formula is C8H13N3O. The predicted octanol–water partition coefficient (Wildman–Crippen LogP) is 0.128. The second-order valence-electron chi connectivity index (χ2n) is 3.47. The van der Waals surface area contributed by atoms with Gasteiger partial charge in [-0.25, -0.2) is 0 Å². The zero-order chi connectivity index (χ0) is 8.55. The fourth-order valence-corrected chi connectivity index (χ4v) is 1.52. The Bertz CT molecular complexity index is 271. The van der Waals surface area contributed by atoms with E-state index < -0.39 is 0 Å². The van der Waals surface area contributed by atoms with E-state index >= 15 is 0 Å². The minimum atomic E-state index is -0.110. The van der Waals surface area contributed by atoms with Crippen LogP contribution >= 0.6 is 0 Å². The minimum Gasteiger partial charge on any atom is -0.393 e. The molecule has 1 aliphatic rings. The Morgan fingerprint density at radius 3 is 2.92 bits per heavy atom. The molecule has 66 valence electrons. The molecule has 0 saturated heterocycles. The van der Waals surface area contributed by atoms with Crippen LogP contribution in [0.5, 0.6) is 0 Å². The highest BCUT2D eigenvalue weighted by molar-refractivity contribution is 4.92. The Hall–Kier alpha value is -0.900. The SMILES string of the molecule is Cn1cnnc1CC1CCC1O. The Balaban J connectivity index is 1.99. The summed E-state index contributed by atoms with van der Waals surface area (Å²) in [6.45, 7) is 0. The first-order chi connectivity index (χ1) is 5.77. The third-order valence-electron chi connectivity index (χ3n) is 2.63. The second kappa shape index (κ2) is 2.86. The molecule has 1 aliphatic carbocycles. The minimum absolute atomic E-state index is 0.110. The third-order valence-corrected chi connectivity index (χ3v) is 2.63. The Morgan fingerprint density at radius 1 is 1.67 bits per heavy atom. The van der Waals surface area contributed by atoms with Crippen molar-refractivity contribution in [3.63, 3.8) is 0 Å². The number of nitrogens with zero attached hydrogens (tertiary/aromatic N) is 3. The normalized spacial score (nSPS) is 28.5. The van der Waals surface area contributed by atoms with Crippen LogP contribution in [0.2, 0.25) is 0 Å². The average Bonchev–Trinajstić information content (AvgIpc) is 2.44. The summed E-state index contributed by atoms with van der Waals surface area (Å²) in [7, 11) is 1.93. The van der Waals surface area contributed by atoms with Crippen molar-refractivity contribution < 1.29 is 5.11 Å². The molecule has 1 aromatic heterocycles. The molecule has 0 aromatic carbocycles. The smallest absolute Gasteiger partial charge is 0.132 e. The van der Waals surface area contributed by atoms with Crippen molar-refractivity contribution in [3.05, 3.63) is 12.2 Å². The highest BCUT2D eigenvalue weighted by Crippen LogP contribution is 2.29. The first-order valence-corrected chi connectivity index (χ1v) is 4.28. The summed E-state index contributed by atoms with van der Waals surface area (Å²) in [5.41, 5.74) is 0. The summed E-state index contributed by atoms with van der Waals surface area (Å²) in [5, 5.41) is 17.1. The van der Waals surface area contributed by atoms with Crippen LogP contribution < -0.4 is 0 Å². The van der Waals surface area contributed by atoms with Crippen molar-refractivity contribution in [2.45, 2.75) is 25.4 Å². The van der Waals surface area contributed by atoms with E-state index in [2.05, 4.69) is 10.2 Å². The van der Waals surface area contributed by atoms with Crippen molar-refractivity contribution >= 4 is 0 Å². The van der Waals surface area contributed by atoms with Crippen LogP contribution in [0, 0.1) is 5.92 Å². The van der Waals surface area contributed by atoms with Crippen LogP contribution in [0.4, 0.5) is 0 Å². The molecule has 1 N–H and O–H groups in total. The molecule has 1 saturated carbocycles. The summed E-state index contributed by atoms with van der Waals surface area (Å²) in [6, 6.07) is 0. The quantitative estimate of drug-likeness (QED) is 0.681. The first-order valence-electron chi connectivity index (χ1n) is 4.28. The van der Waals surface area contributed by atoms with E-state index in [-0.39, 0.29) is 6.10 Å². The summed E-state index contributed by atoms with van der Waals surface area (Å²) in [6.07, 6.45) is 4.51. The van der Waals surface area contributed by atoms with E-state index in [1.807, 2.05) is 11.6 Å².